The number of rotatable bonds is 3. The van der Waals surface area contributed by atoms with Crippen LogP contribution in [0.5, 0.6) is 0 Å². The zero-order valence-electron chi connectivity index (χ0n) is 13.1. The van der Waals surface area contributed by atoms with E-state index in [0.29, 0.717) is 12.3 Å². The Labute approximate surface area is 164 Å². The molecule has 3 aliphatic carbocycles. The molecule has 2 heterocycles. The summed E-state index contributed by atoms with van der Waals surface area (Å²) in [6, 6.07) is 9.53. The molecule has 3 fully saturated rings. The van der Waals surface area contributed by atoms with Gasteiger partial charge in [-0.2, -0.15) is 5.10 Å². The molecular formula is C17H21BF2N3Na. The van der Waals surface area contributed by atoms with E-state index in [4.69, 9.17) is 0 Å². The van der Waals surface area contributed by atoms with Gasteiger partial charge in [0.1, 0.15) is 0 Å². The van der Waals surface area contributed by atoms with Crippen molar-refractivity contribution in [3.05, 3.63) is 47.5 Å². The predicted molar refractivity (Wildman–Crippen MR) is 88.0 cm³/mol. The third-order valence-electron chi connectivity index (χ3n) is 5.71. The van der Waals surface area contributed by atoms with Gasteiger partial charge in [0.25, 0.3) is 0 Å². The first-order chi connectivity index (χ1) is 10.7. The molecule has 0 spiro atoms. The Balaban J connectivity index is 0.000000845. The predicted octanol–water partition coefficient (Wildman–Crippen LogP) is -0.355. The molecule has 2 aromatic rings. The maximum atomic E-state index is 14.8. The molecule has 6 rings (SSSR count). The van der Waals surface area contributed by atoms with E-state index in [1.54, 1.807) is 4.68 Å². The number of benzene rings is 1. The van der Waals surface area contributed by atoms with Gasteiger partial charge in [-0.15, -0.1) is 0 Å². The van der Waals surface area contributed by atoms with Crippen LogP contribution < -0.4 is 29.6 Å². The van der Waals surface area contributed by atoms with Gasteiger partial charge in [0.15, 0.2) is 24.0 Å². The van der Waals surface area contributed by atoms with E-state index in [-0.39, 0.29) is 61.1 Å². The minimum absolute atomic E-state index is 0. The van der Waals surface area contributed by atoms with Gasteiger partial charge < -0.3 is 0 Å². The van der Waals surface area contributed by atoms with Crippen molar-refractivity contribution in [3.8, 4) is 0 Å². The average molecular weight is 339 g/mol. The van der Waals surface area contributed by atoms with Crippen LogP contribution in [0.4, 0.5) is 8.78 Å². The van der Waals surface area contributed by atoms with Crippen LogP contribution in [0.25, 0.3) is 0 Å². The second-order valence-corrected chi connectivity index (χ2v) is 7.11. The molecule has 0 saturated heterocycles. The van der Waals surface area contributed by atoms with E-state index in [1.165, 1.54) is 0 Å². The molecule has 1 aromatic carbocycles. The fraction of sp³-hybridized carbons (Fsp3) is 0.529. The Bertz CT molecular complexity index is 722. The van der Waals surface area contributed by atoms with Crippen LogP contribution in [0.1, 0.15) is 61.3 Å². The molecule has 0 amide bonds. The SMILES string of the molecule is FC(c1nc2n(n1)[C@H](c1ccccc1)C[C@@H]2F)C12CC(C1)C2.[BH4-].[Na+]. The summed E-state index contributed by atoms with van der Waals surface area (Å²) in [6.45, 7) is 0. The summed E-state index contributed by atoms with van der Waals surface area (Å²) in [6.07, 6.45) is 0.868. The first-order valence-electron chi connectivity index (χ1n) is 7.96. The molecule has 2 bridgehead atoms. The van der Waals surface area contributed by atoms with Gasteiger partial charge in [0.2, 0.25) is 0 Å². The smallest absolute Gasteiger partial charge is 0.239 e. The van der Waals surface area contributed by atoms with Crippen molar-refractivity contribution in [1.82, 2.24) is 14.8 Å². The van der Waals surface area contributed by atoms with Crippen LogP contribution in [0.2, 0.25) is 0 Å². The van der Waals surface area contributed by atoms with Crippen LogP contribution in [0.15, 0.2) is 30.3 Å². The Morgan fingerprint density at radius 3 is 2.42 bits per heavy atom. The quantitative estimate of drug-likeness (QED) is 0.716. The zero-order chi connectivity index (χ0) is 14.9. The Hall–Kier alpha value is -0.715. The molecule has 3 nitrogen and oxygen atoms in total. The summed E-state index contributed by atoms with van der Waals surface area (Å²) in [4.78, 5) is 4.22. The molecule has 3 saturated carbocycles. The van der Waals surface area contributed by atoms with Crippen molar-refractivity contribution in [2.24, 2.45) is 11.3 Å². The third-order valence-corrected chi connectivity index (χ3v) is 5.71. The Morgan fingerprint density at radius 1 is 1.17 bits per heavy atom. The fourth-order valence-electron chi connectivity index (χ4n) is 4.39. The van der Waals surface area contributed by atoms with Gasteiger partial charge >= 0.3 is 29.6 Å². The molecule has 3 atom stereocenters. The second-order valence-electron chi connectivity index (χ2n) is 7.11. The van der Waals surface area contributed by atoms with E-state index < -0.39 is 12.3 Å². The molecule has 1 unspecified atom stereocenters. The summed E-state index contributed by atoms with van der Waals surface area (Å²) in [5.41, 5.74) is 0.766. The average Bonchev–Trinajstić information content (AvgIpc) is 2.97. The molecule has 7 heteroatoms. The van der Waals surface area contributed by atoms with Gasteiger partial charge in [0, 0.05) is 11.8 Å². The monoisotopic (exact) mass is 339 g/mol. The summed E-state index contributed by atoms with van der Waals surface area (Å²) in [7, 11) is 0. The van der Waals surface area contributed by atoms with Crippen molar-refractivity contribution in [3.63, 3.8) is 0 Å². The summed E-state index contributed by atoms with van der Waals surface area (Å²) in [5, 5.41) is 4.36. The van der Waals surface area contributed by atoms with Crippen molar-refractivity contribution in [2.75, 3.05) is 0 Å². The topological polar surface area (TPSA) is 30.7 Å². The Morgan fingerprint density at radius 2 is 1.83 bits per heavy atom. The van der Waals surface area contributed by atoms with Gasteiger partial charge in [-0.1, -0.05) is 38.7 Å². The van der Waals surface area contributed by atoms with E-state index in [9.17, 15) is 8.78 Å². The molecule has 1 aromatic heterocycles. The van der Waals surface area contributed by atoms with Crippen molar-refractivity contribution in [1.29, 1.82) is 0 Å². The van der Waals surface area contributed by atoms with Crippen LogP contribution in [0.3, 0.4) is 0 Å². The van der Waals surface area contributed by atoms with Gasteiger partial charge in [-0.25, -0.2) is 18.4 Å². The summed E-state index contributed by atoms with van der Waals surface area (Å²) < 4.78 is 30.6. The van der Waals surface area contributed by atoms with Crippen molar-refractivity contribution in [2.45, 2.75) is 44.1 Å². The second kappa shape index (κ2) is 6.22. The van der Waals surface area contributed by atoms with Crippen LogP contribution >= 0.6 is 0 Å². The number of hydrogen-bond donors (Lipinski definition) is 0. The number of nitrogens with zero attached hydrogens (tertiary/aromatic N) is 3. The maximum absolute atomic E-state index is 14.8. The van der Waals surface area contributed by atoms with Gasteiger partial charge in [-0.3, -0.25) is 0 Å². The largest absolute Gasteiger partial charge is 1.00 e. The van der Waals surface area contributed by atoms with Gasteiger partial charge in [0.05, 0.1) is 6.04 Å². The Kier molecular flexibility index (Phi) is 4.69. The first kappa shape index (κ1) is 18.1. The molecule has 122 valence electrons. The third kappa shape index (κ3) is 2.41. The van der Waals surface area contributed by atoms with Gasteiger partial charge in [-0.05, 0) is 30.7 Å². The van der Waals surface area contributed by atoms with E-state index >= 15 is 0 Å². The molecule has 1 aliphatic heterocycles. The molecule has 24 heavy (non-hydrogen) atoms. The first-order valence-corrected chi connectivity index (χ1v) is 7.96. The van der Waals surface area contributed by atoms with Crippen LogP contribution in [-0.2, 0) is 0 Å². The molecule has 0 N–H and O–H groups in total. The van der Waals surface area contributed by atoms with E-state index in [1.807, 2.05) is 30.3 Å². The number of fused-ring (bicyclic) bond motifs is 1. The standard InChI is InChI=1S/C17H17F2N3.BH4.Na/c18-12-6-13(11-4-2-1-3-5-11)22-16(12)20-15(21-22)14(19)17-7-10(8-17)9-17;;/h1-5,10,12-14H,6-9H2;1H4;/q;-1;+1/t10?,12-,13-,14?,17?;;/m0../s1. The number of halogens is 2. The maximum Gasteiger partial charge on any atom is 1.00 e. The minimum atomic E-state index is -1.16. The van der Waals surface area contributed by atoms with Crippen LogP contribution in [-0.4, -0.2) is 23.2 Å². The number of alkyl halides is 2. The normalized spacial score (nSPS) is 33.3. The van der Waals surface area contributed by atoms with Crippen molar-refractivity contribution >= 4 is 8.41 Å². The molecule has 0 radical (unpaired) electrons. The number of aromatic nitrogens is 3. The zero-order valence-corrected chi connectivity index (χ0v) is 15.1. The fourth-order valence-corrected chi connectivity index (χ4v) is 4.39. The summed E-state index contributed by atoms with van der Waals surface area (Å²) in [5.74, 6) is 1.19. The summed E-state index contributed by atoms with van der Waals surface area (Å²) >= 11 is 0. The van der Waals surface area contributed by atoms with E-state index in [0.717, 1.165) is 24.8 Å². The number of hydrogen-bond acceptors (Lipinski definition) is 2. The van der Waals surface area contributed by atoms with Crippen molar-refractivity contribution < 1.29 is 38.3 Å². The van der Waals surface area contributed by atoms with Crippen LogP contribution in [0, 0.1) is 11.3 Å². The van der Waals surface area contributed by atoms with E-state index in [2.05, 4.69) is 10.1 Å². The molecule has 4 aliphatic rings. The minimum Gasteiger partial charge on any atom is -0.239 e. The molecular weight excluding hydrogens is 318 g/mol.